The van der Waals surface area contributed by atoms with Crippen LogP contribution in [0.3, 0.4) is 0 Å². The third-order valence-corrected chi connectivity index (χ3v) is 3.53. The monoisotopic (exact) mass is 328 g/mol. The summed E-state index contributed by atoms with van der Waals surface area (Å²) in [5.41, 5.74) is 1.14. The van der Waals surface area contributed by atoms with Crippen LogP contribution in [-0.2, 0) is 4.79 Å². The van der Waals surface area contributed by atoms with E-state index in [9.17, 15) is 4.79 Å². The molecule has 0 saturated heterocycles. The average Bonchev–Trinajstić information content (AvgIpc) is 2.49. The summed E-state index contributed by atoms with van der Waals surface area (Å²) in [6.07, 6.45) is 0.238. The molecule has 0 aliphatic carbocycles. The van der Waals surface area contributed by atoms with Crippen LogP contribution in [0.25, 0.3) is 0 Å². The van der Waals surface area contributed by atoms with Crippen molar-refractivity contribution in [1.29, 1.82) is 0 Å². The number of halogens is 1. The minimum atomic E-state index is -0.424. The molecular formula is C17H29ClN2O2. The molecule has 126 valence electrons. The van der Waals surface area contributed by atoms with Crippen LogP contribution in [0.2, 0.25) is 0 Å². The van der Waals surface area contributed by atoms with E-state index >= 15 is 0 Å². The molecule has 1 aromatic rings. The Hall–Kier alpha value is -1.26. The first kappa shape index (κ1) is 20.7. The lowest BCUT2D eigenvalue weighted by atomic mass is 10.0. The van der Waals surface area contributed by atoms with Gasteiger partial charge in [0, 0.05) is 20.1 Å². The Bertz CT molecular complexity index is 452. The number of hydrogen-bond acceptors (Lipinski definition) is 3. The second-order valence-corrected chi connectivity index (χ2v) is 5.57. The van der Waals surface area contributed by atoms with Crippen molar-refractivity contribution >= 4 is 18.3 Å². The van der Waals surface area contributed by atoms with Crippen LogP contribution in [0.15, 0.2) is 24.3 Å². The lowest BCUT2D eigenvalue weighted by Crippen LogP contribution is -2.42. The predicted octanol–water partition coefficient (Wildman–Crippen LogP) is 3.07. The highest BCUT2D eigenvalue weighted by atomic mass is 35.5. The zero-order chi connectivity index (χ0) is 15.8. The molecule has 0 spiro atoms. The molecular weight excluding hydrogens is 300 g/mol. The van der Waals surface area contributed by atoms with Gasteiger partial charge in [0.2, 0.25) is 0 Å². The number of amides is 1. The van der Waals surface area contributed by atoms with Crippen molar-refractivity contribution in [2.24, 2.45) is 0 Å². The molecule has 0 aliphatic rings. The molecule has 1 unspecified atom stereocenters. The fourth-order valence-electron chi connectivity index (χ4n) is 2.16. The summed E-state index contributed by atoms with van der Waals surface area (Å²) in [4.78, 5) is 14.2. The van der Waals surface area contributed by atoms with Crippen LogP contribution in [0, 0.1) is 0 Å². The first-order chi connectivity index (χ1) is 10.0. The molecule has 0 fully saturated rings. The summed E-state index contributed by atoms with van der Waals surface area (Å²) in [7, 11) is 3.70. The molecule has 1 N–H and O–H groups in total. The molecule has 0 aliphatic heterocycles. The van der Waals surface area contributed by atoms with Gasteiger partial charge in [-0.25, -0.2) is 0 Å². The Labute approximate surface area is 140 Å². The highest BCUT2D eigenvalue weighted by molar-refractivity contribution is 5.85. The minimum absolute atomic E-state index is 0. The molecule has 0 aromatic heterocycles. The second kappa shape index (κ2) is 10.5. The number of nitrogens with zero attached hydrogens (tertiary/aromatic N) is 1. The Morgan fingerprint density at radius 3 is 2.50 bits per heavy atom. The van der Waals surface area contributed by atoms with E-state index in [4.69, 9.17) is 4.74 Å². The van der Waals surface area contributed by atoms with Crippen LogP contribution in [0.4, 0.5) is 0 Å². The Morgan fingerprint density at radius 2 is 1.95 bits per heavy atom. The van der Waals surface area contributed by atoms with Gasteiger partial charge in [-0.05, 0) is 31.0 Å². The summed E-state index contributed by atoms with van der Waals surface area (Å²) in [5.74, 6) is 1.22. The second-order valence-electron chi connectivity index (χ2n) is 5.57. The van der Waals surface area contributed by atoms with Crippen molar-refractivity contribution in [1.82, 2.24) is 10.2 Å². The molecule has 1 amide bonds. The van der Waals surface area contributed by atoms with Gasteiger partial charge < -0.3 is 15.0 Å². The number of likely N-dealkylation sites (N-methyl/N-ethyl adjacent to an activating group) is 2. The molecule has 5 heteroatoms. The third kappa shape index (κ3) is 5.85. The predicted molar refractivity (Wildman–Crippen MR) is 94.0 cm³/mol. The molecule has 1 aromatic carbocycles. The number of hydrogen-bond donors (Lipinski definition) is 1. The van der Waals surface area contributed by atoms with E-state index in [0.717, 1.165) is 17.9 Å². The van der Waals surface area contributed by atoms with E-state index in [-0.39, 0.29) is 18.3 Å². The summed E-state index contributed by atoms with van der Waals surface area (Å²) in [6.45, 7) is 7.70. The molecule has 0 radical (unpaired) electrons. The largest absolute Gasteiger partial charge is 0.480 e. The van der Waals surface area contributed by atoms with E-state index in [0.29, 0.717) is 18.9 Å². The fourth-order valence-corrected chi connectivity index (χ4v) is 2.16. The smallest absolute Gasteiger partial charge is 0.263 e. The molecule has 1 atom stereocenters. The molecule has 0 bridgehead atoms. The summed E-state index contributed by atoms with van der Waals surface area (Å²) in [5, 5.41) is 3.05. The summed E-state index contributed by atoms with van der Waals surface area (Å²) in [6, 6.07) is 7.95. The van der Waals surface area contributed by atoms with Gasteiger partial charge >= 0.3 is 0 Å². The van der Waals surface area contributed by atoms with Crippen molar-refractivity contribution in [2.75, 3.05) is 27.2 Å². The van der Waals surface area contributed by atoms with Crippen LogP contribution in [0.1, 0.15) is 38.7 Å². The average molecular weight is 329 g/mol. The summed E-state index contributed by atoms with van der Waals surface area (Å²) < 4.78 is 6.01. The van der Waals surface area contributed by atoms with Crippen molar-refractivity contribution in [3.63, 3.8) is 0 Å². The number of carbonyl (C=O) groups is 1. The molecule has 4 nitrogen and oxygen atoms in total. The van der Waals surface area contributed by atoms with Gasteiger partial charge in [-0.3, -0.25) is 4.79 Å². The number of rotatable bonds is 8. The first-order valence-corrected chi connectivity index (χ1v) is 7.66. The molecule has 0 saturated carbocycles. The quantitative estimate of drug-likeness (QED) is 0.797. The standard InChI is InChI=1S/C17H28N2O2.ClH/c1-6-15(17(20)19(5)12-11-18-4)21-16-10-8-7-9-14(16)13(2)3;/h7-10,13,15,18H,6,11-12H2,1-5H3;1H. The number of nitrogens with one attached hydrogen (secondary N) is 1. The van der Waals surface area contributed by atoms with Crippen LogP contribution in [-0.4, -0.2) is 44.1 Å². The zero-order valence-corrected chi connectivity index (χ0v) is 15.1. The lowest BCUT2D eigenvalue weighted by Gasteiger charge is -2.25. The van der Waals surface area contributed by atoms with Crippen LogP contribution in [0.5, 0.6) is 5.75 Å². The number of benzene rings is 1. The topological polar surface area (TPSA) is 41.6 Å². The maximum atomic E-state index is 12.4. The number of ether oxygens (including phenoxy) is 1. The summed E-state index contributed by atoms with van der Waals surface area (Å²) >= 11 is 0. The SMILES string of the molecule is CCC(Oc1ccccc1C(C)C)C(=O)N(C)CCNC.Cl. The van der Waals surface area contributed by atoms with Crippen LogP contribution < -0.4 is 10.1 Å². The van der Waals surface area contributed by atoms with Crippen molar-refractivity contribution in [3.8, 4) is 5.75 Å². The fraction of sp³-hybridized carbons (Fsp3) is 0.588. The molecule has 0 heterocycles. The highest BCUT2D eigenvalue weighted by Gasteiger charge is 2.23. The van der Waals surface area contributed by atoms with E-state index in [1.807, 2.05) is 39.2 Å². The van der Waals surface area contributed by atoms with E-state index in [2.05, 4.69) is 25.2 Å². The molecule has 22 heavy (non-hydrogen) atoms. The van der Waals surface area contributed by atoms with Gasteiger partial charge in [0.15, 0.2) is 6.10 Å². The van der Waals surface area contributed by atoms with Gasteiger partial charge in [0.25, 0.3) is 5.91 Å². The lowest BCUT2D eigenvalue weighted by molar-refractivity contribution is -0.137. The van der Waals surface area contributed by atoms with Crippen molar-refractivity contribution < 1.29 is 9.53 Å². The van der Waals surface area contributed by atoms with Crippen molar-refractivity contribution in [3.05, 3.63) is 29.8 Å². The van der Waals surface area contributed by atoms with Gasteiger partial charge in [-0.2, -0.15) is 0 Å². The maximum Gasteiger partial charge on any atom is 0.263 e. The third-order valence-electron chi connectivity index (χ3n) is 3.53. The number of carbonyl (C=O) groups excluding carboxylic acids is 1. The van der Waals surface area contributed by atoms with Gasteiger partial charge in [-0.1, -0.05) is 39.0 Å². The zero-order valence-electron chi connectivity index (χ0n) is 14.3. The normalized spacial score (nSPS) is 11.7. The minimum Gasteiger partial charge on any atom is -0.480 e. The van der Waals surface area contributed by atoms with Crippen LogP contribution >= 0.6 is 12.4 Å². The maximum absolute atomic E-state index is 12.4. The van der Waals surface area contributed by atoms with Crippen molar-refractivity contribution in [2.45, 2.75) is 39.2 Å². The van der Waals surface area contributed by atoms with E-state index < -0.39 is 6.10 Å². The van der Waals surface area contributed by atoms with Gasteiger partial charge in [0.1, 0.15) is 5.75 Å². The first-order valence-electron chi connectivity index (χ1n) is 7.66. The number of para-hydroxylation sites is 1. The van der Waals surface area contributed by atoms with E-state index in [1.54, 1.807) is 4.90 Å². The Balaban J connectivity index is 0.00000441. The van der Waals surface area contributed by atoms with E-state index in [1.165, 1.54) is 0 Å². The Morgan fingerprint density at radius 1 is 1.32 bits per heavy atom. The molecule has 1 rings (SSSR count). The van der Waals surface area contributed by atoms with Gasteiger partial charge in [-0.15, -0.1) is 12.4 Å². The Kier molecular flexibility index (Phi) is 9.86. The van der Waals surface area contributed by atoms with Gasteiger partial charge in [0.05, 0.1) is 0 Å². The highest BCUT2D eigenvalue weighted by Crippen LogP contribution is 2.27.